The number of aliphatic hydroxyl groups is 6. The van der Waals surface area contributed by atoms with Crippen LogP contribution in [0.4, 0.5) is 29.1 Å². The Labute approximate surface area is 549 Å². The number of nitrogen functional groups attached to an aromatic ring is 3. The molecule has 42 nitrogen and oxygen atoms in total. The lowest BCUT2D eigenvalue weighted by atomic mass is 10.1. The highest BCUT2D eigenvalue weighted by molar-refractivity contribution is 5.97. The second kappa shape index (κ2) is 26.5. The highest BCUT2D eigenvalue weighted by Crippen LogP contribution is 2.48. The lowest BCUT2D eigenvalue weighted by molar-refractivity contribution is -0.199. The van der Waals surface area contributed by atoms with Crippen LogP contribution in [-0.4, -0.2) is 243 Å². The van der Waals surface area contributed by atoms with Crippen LogP contribution in [0.25, 0.3) is 0 Å². The number of nitrogens with zero attached hydrogens (tertiary/aromatic N) is 10. The van der Waals surface area contributed by atoms with Gasteiger partial charge in [0, 0.05) is 13.1 Å². The summed E-state index contributed by atoms with van der Waals surface area (Å²) in [6, 6.07) is 0. The van der Waals surface area contributed by atoms with Crippen LogP contribution in [-0.2, 0) is 52.1 Å². The molecular formula is C55H80N20O22. The molecule has 15 heterocycles. The van der Waals surface area contributed by atoms with Crippen molar-refractivity contribution in [2.45, 2.75) is 195 Å². The van der Waals surface area contributed by atoms with Crippen molar-refractivity contribution in [3.05, 3.63) is 60.1 Å². The summed E-state index contributed by atoms with van der Waals surface area (Å²) in [5.74, 6) is -4.31. The fraction of sp³-hybridized carbons (Fsp3) is 0.636. The molecule has 15 rings (SSSR count). The van der Waals surface area contributed by atoms with Gasteiger partial charge in [-0.15, -0.1) is 0 Å². The number of primary amides is 5. The molecule has 0 aliphatic carbocycles. The number of amides is 5. The van der Waals surface area contributed by atoms with E-state index < -0.39 is 133 Å². The van der Waals surface area contributed by atoms with Crippen molar-refractivity contribution in [3.63, 3.8) is 0 Å². The van der Waals surface area contributed by atoms with Gasteiger partial charge in [0.1, 0.15) is 115 Å². The van der Waals surface area contributed by atoms with Crippen LogP contribution in [0.3, 0.4) is 0 Å². The molecule has 20 atom stereocenters. The Kier molecular flexibility index (Phi) is 19.2. The van der Waals surface area contributed by atoms with Crippen molar-refractivity contribution in [1.29, 1.82) is 0 Å². The molecule has 0 radical (unpaired) electrons. The molecule has 8 saturated heterocycles. The van der Waals surface area contributed by atoms with Gasteiger partial charge in [-0.1, -0.05) is 6.92 Å². The summed E-state index contributed by atoms with van der Waals surface area (Å²) in [5, 5.41) is 63.4. The number of ether oxygens (including phenoxy) is 11. The van der Waals surface area contributed by atoms with Crippen LogP contribution in [0.2, 0.25) is 0 Å². The molecule has 0 spiro atoms. The van der Waals surface area contributed by atoms with E-state index in [1.807, 2.05) is 34.6 Å². The normalized spacial score (nSPS) is 34.4. The number of rotatable bonds is 11. The van der Waals surface area contributed by atoms with E-state index in [4.69, 9.17) is 103 Å². The van der Waals surface area contributed by atoms with E-state index in [0.717, 1.165) is 6.42 Å². The van der Waals surface area contributed by atoms with Gasteiger partial charge in [-0.05, 0) is 48.0 Å². The minimum Gasteiger partial charge on any atom is -0.394 e. The van der Waals surface area contributed by atoms with Gasteiger partial charge in [0.2, 0.25) is 0 Å². The molecule has 0 saturated carbocycles. The molecule has 42 heteroatoms. The van der Waals surface area contributed by atoms with Gasteiger partial charge in [-0.25, -0.2) is 24.9 Å². The van der Waals surface area contributed by atoms with E-state index in [1.165, 1.54) is 39.0 Å². The van der Waals surface area contributed by atoms with Gasteiger partial charge in [-0.3, -0.25) is 46.8 Å². The summed E-state index contributed by atoms with van der Waals surface area (Å²) in [4.78, 5) is 75.5. The molecule has 97 heavy (non-hydrogen) atoms. The summed E-state index contributed by atoms with van der Waals surface area (Å²) < 4.78 is 71.1. The van der Waals surface area contributed by atoms with E-state index in [-0.39, 0.29) is 102 Å². The first-order valence-electron chi connectivity index (χ1n) is 30.6. The molecule has 5 aromatic heterocycles. The number of anilines is 5. The summed E-state index contributed by atoms with van der Waals surface area (Å²) in [6.45, 7) is 13.2. The third-order valence-electron chi connectivity index (χ3n) is 17.4. The molecule has 4 bridgehead atoms. The van der Waals surface area contributed by atoms with Gasteiger partial charge in [0.05, 0.1) is 51.0 Å². The Morgan fingerprint density at radius 3 is 1.14 bits per heavy atom. The number of nitrogens with two attached hydrogens (primary N) is 8. The Balaban J connectivity index is 0.000000123. The highest BCUT2D eigenvalue weighted by Gasteiger charge is 2.59. The lowest BCUT2D eigenvalue weighted by Crippen LogP contribution is -2.37. The third-order valence-corrected chi connectivity index (χ3v) is 17.4. The van der Waals surface area contributed by atoms with Crippen molar-refractivity contribution >= 4 is 58.6 Å². The van der Waals surface area contributed by atoms with Gasteiger partial charge >= 0.3 is 0 Å². The zero-order chi connectivity index (χ0) is 70.4. The topological polar surface area (TPSA) is 630 Å². The number of aromatic nitrogens is 10. The van der Waals surface area contributed by atoms with E-state index >= 15 is 0 Å². The van der Waals surface area contributed by atoms with Crippen LogP contribution in [0.15, 0.2) is 31.6 Å². The fourth-order valence-corrected chi connectivity index (χ4v) is 13.0. The number of carbonyl (C=O) groups is 5. The molecule has 5 amide bonds. The Bertz CT molecular complexity index is 3660. The Morgan fingerprint density at radius 1 is 0.423 bits per heavy atom. The largest absolute Gasteiger partial charge is 0.394 e. The molecule has 8 fully saturated rings. The van der Waals surface area contributed by atoms with E-state index in [1.54, 1.807) is 29.3 Å². The second-order valence-corrected chi connectivity index (χ2v) is 25.2. The molecular weight excluding hydrogens is 1290 g/mol. The molecule has 10 aliphatic heterocycles. The van der Waals surface area contributed by atoms with Crippen LogP contribution in [0, 0.1) is 0 Å². The van der Waals surface area contributed by atoms with E-state index in [9.17, 15) is 49.5 Å². The maximum atomic E-state index is 11.4. The van der Waals surface area contributed by atoms with Gasteiger partial charge < -0.3 is 139 Å². The Morgan fingerprint density at radius 2 is 0.732 bits per heavy atom. The molecule has 10 aliphatic rings. The average Bonchev–Trinajstić information content (AvgIpc) is 1.61. The number of hydrogen-bond acceptors (Lipinski definition) is 32. The quantitative estimate of drug-likeness (QED) is 0.0586. The number of carbonyl (C=O) groups excluding carboxylic acids is 5. The second-order valence-electron chi connectivity index (χ2n) is 25.2. The SMILES string of the molecule is CC1(C)OC2[C@@H](O1)[C@@H](CO)O[C@H]2n1cnc(C(N)=O)c1N.CC1(C)OC2[C@@H](O1)[C@H]1CNc3c(C(N)=O)ncn3[C@@H]2O1.CC[C@H]1O[C@@H](n2cnc(C(N)=O)c2N)C2OC(C)(C)O[C@H]21.NC(=O)c1ncn([C@@H]2O[C@H](CO)[C@H](O)C2O)c1N.NC(=O)c1ncn2c1NC[C@H]1O[C@@H]2C(O)[C@H]1O. The van der Waals surface area contributed by atoms with Gasteiger partial charge in [-0.2, -0.15) is 0 Å². The number of nitrogens with one attached hydrogen (secondary N) is 2. The Hall–Kier alpha value is -8.28. The lowest BCUT2D eigenvalue weighted by Gasteiger charge is -2.24. The first-order chi connectivity index (χ1) is 45.7. The molecule has 0 aromatic carbocycles. The monoisotopic (exact) mass is 1370 g/mol. The van der Waals surface area contributed by atoms with Crippen molar-refractivity contribution in [2.75, 3.05) is 54.1 Å². The maximum Gasteiger partial charge on any atom is 0.271 e. The average molecular weight is 1370 g/mol. The summed E-state index contributed by atoms with van der Waals surface area (Å²) in [5.41, 5.74) is 43.7. The molecule has 24 N–H and O–H groups in total. The standard InChI is InChI=1S/C13H20N4O4.C12H18N4O5.C12H16N4O4.C9H14N4O5.C9H12N4O4/c1-4-6-8-9(21-13(2,3)20-8)12(19-6)17-5-16-7(10(17)14)11(15)18;1-12(2)20-7-5(3-17)19-11(8(7)21-12)16-4-15-6(9(16)13)10(14)18;1-12(2)19-7-5-3-14-10-6(9(13)17)15-4-16(10)11(18-5)8(7)20-12;10-7-4(8(11)17)12-2-13(7)9-6(16)5(15)3(1-14)18-9;10-7(16)4-8-11-1-3-5(14)6(15)9(17-3)13(8)2-12-4/h5-6,8-9,12H,4,14H2,1-3H3,(H2,15,18);4-5,7-8,11,17H,3,13H2,1-2H3,(H2,14,18);4-5,7-8,11,14H,3H2,1-2H3,(H2,13,17);2-3,5-6,9,14-16H,1,10H2,(H2,11,17);2-3,5-6,9,11,14-15H,1H2,(H2,10,16)/t6-,8+,9?,12-;2*5-,7+,8?,11-;2*3-,5+,6?,9-/m11111/s1. The van der Waals surface area contributed by atoms with E-state index in [0.29, 0.717) is 18.2 Å². The number of imidazole rings is 5. The van der Waals surface area contributed by atoms with Crippen LogP contribution in [0.5, 0.6) is 0 Å². The number of hydrogen-bond donors (Lipinski definition) is 16. The van der Waals surface area contributed by atoms with Crippen molar-refractivity contribution in [1.82, 2.24) is 47.8 Å². The van der Waals surface area contributed by atoms with E-state index in [2.05, 4.69) is 35.6 Å². The predicted octanol–water partition coefficient (Wildman–Crippen LogP) is -5.61. The maximum absolute atomic E-state index is 11.4. The summed E-state index contributed by atoms with van der Waals surface area (Å²) in [7, 11) is 0. The van der Waals surface area contributed by atoms with Crippen molar-refractivity contribution < 1.29 is 107 Å². The smallest absolute Gasteiger partial charge is 0.271 e. The van der Waals surface area contributed by atoms with Crippen LogP contribution in [0.1, 0.15) is 138 Å². The zero-order valence-electron chi connectivity index (χ0n) is 53.3. The summed E-state index contributed by atoms with van der Waals surface area (Å²) >= 11 is 0. The first kappa shape index (κ1) is 70.1. The number of aliphatic hydroxyl groups excluding tert-OH is 6. The predicted molar refractivity (Wildman–Crippen MR) is 323 cm³/mol. The van der Waals surface area contributed by atoms with Crippen LogP contribution >= 0.6 is 0 Å². The first-order valence-corrected chi connectivity index (χ1v) is 30.6. The fourth-order valence-electron chi connectivity index (χ4n) is 13.0. The summed E-state index contributed by atoms with van der Waals surface area (Å²) in [6.07, 6.45) is -4.06. The van der Waals surface area contributed by atoms with Gasteiger partial charge in [0.15, 0.2) is 77.0 Å². The zero-order valence-corrected chi connectivity index (χ0v) is 53.3. The van der Waals surface area contributed by atoms with Crippen LogP contribution < -0.4 is 56.5 Å². The van der Waals surface area contributed by atoms with Gasteiger partial charge in [0.25, 0.3) is 29.5 Å². The van der Waals surface area contributed by atoms with Crippen molar-refractivity contribution in [3.8, 4) is 0 Å². The minimum absolute atomic E-state index is 0.0271. The number of fused-ring (bicyclic) bond motifs is 13. The van der Waals surface area contributed by atoms with Crippen molar-refractivity contribution in [2.24, 2.45) is 28.7 Å². The molecule has 5 aromatic rings. The third kappa shape index (κ3) is 13.0. The molecule has 5 unspecified atom stereocenters. The highest BCUT2D eigenvalue weighted by atomic mass is 16.8. The minimum atomic E-state index is -1.29. The molecule has 532 valence electrons.